The van der Waals surface area contributed by atoms with Crippen molar-refractivity contribution in [3.8, 4) is 0 Å². The molecule has 0 amide bonds. The van der Waals surface area contributed by atoms with E-state index in [1.807, 2.05) is 30.3 Å². The van der Waals surface area contributed by atoms with Gasteiger partial charge in [0.25, 0.3) is 0 Å². The number of hydrogen-bond acceptors (Lipinski definition) is 6. The van der Waals surface area contributed by atoms with Crippen LogP contribution in [0, 0.1) is 0 Å². The van der Waals surface area contributed by atoms with Gasteiger partial charge in [-0.15, -0.1) is 0 Å². The van der Waals surface area contributed by atoms with Crippen LogP contribution < -0.4 is 0 Å². The SMILES string of the molecule is CCCOCCOCCOCCOC(COC)COCc1ccccc1. The molecular formula is C20H34O6. The van der Waals surface area contributed by atoms with Gasteiger partial charge in [-0.3, -0.25) is 0 Å². The van der Waals surface area contributed by atoms with Crippen molar-refractivity contribution in [2.45, 2.75) is 26.1 Å². The molecule has 0 spiro atoms. The van der Waals surface area contributed by atoms with Crippen molar-refractivity contribution in [2.24, 2.45) is 0 Å². The van der Waals surface area contributed by atoms with E-state index in [4.69, 9.17) is 28.4 Å². The molecule has 6 nitrogen and oxygen atoms in total. The highest BCUT2D eigenvalue weighted by Crippen LogP contribution is 2.02. The van der Waals surface area contributed by atoms with Crippen molar-refractivity contribution in [3.05, 3.63) is 35.9 Å². The topological polar surface area (TPSA) is 55.4 Å². The Kier molecular flexibility index (Phi) is 15.4. The van der Waals surface area contributed by atoms with Crippen LogP contribution in [-0.4, -0.2) is 72.7 Å². The molecule has 0 radical (unpaired) electrons. The van der Waals surface area contributed by atoms with Crippen LogP contribution in [0.2, 0.25) is 0 Å². The van der Waals surface area contributed by atoms with E-state index in [0.717, 1.165) is 18.6 Å². The Morgan fingerprint density at radius 1 is 0.731 bits per heavy atom. The molecule has 0 aliphatic rings. The average molecular weight is 370 g/mol. The predicted molar refractivity (Wildman–Crippen MR) is 100 cm³/mol. The maximum absolute atomic E-state index is 5.76. The van der Waals surface area contributed by atoms with E-state index < -0.39 is 0 Å². The molecule has 1 atom stereocenters. The highest BCUT2D eigenvalue weighted by atomic mass is 16.6. The normalized spacial score (nSPS) is 12.4. The van der Waals surface area contributed by atoms with Gasteiger partial charge in [0, 0.05) is 13.7 Å². The lowest BCUT2D eigenvalue weighted by Gasteiger charge is -2.17. The summed E-state index contributed by atoms with van der Waals surface area (Å²) in [6.07, 6.45) is 0.934. The van der Waals surface area contributed by atoms with E-state index in [1.165, 1.54) is 0 Å². The average Bonchev–Trinajstić information content (AvgIpc) is 2.67. The smallest absolute Gasteiger partial charge is 0.104 e. The van der Waals surface area contributed by atoms with Crippen LogP contribution in [0.25, 0.3) is 0 Å². The van der Waals surface area contributed by atoms with Crippen LogP contribution in [0.4, 0.5) is 0 Å². The van der Waals surface area contributed by atoms with Crippen LogP contribution in [0.1, 0.15) is 18.9 Å². The first-order valence-electron chi connectivity index (χ1n) is 9.32. The van der Waals surface area contributed by atoms with Crippen LogP contribution in [-0.2, 0) is 35.0 Å². The summed E-state index contributed by atoms with van der Waals surface area (Å²) < 4.78 is 32.9. The first-order chi connectivity index (χ1) is 12.9. The molecule has 0 fully saturated rings. The minimum absolute atomic E-state index is 0.0979. The maximum Gasteiger partial charge on any atom is 0.104 e. The molecular weight excluding hydrogens is 336 g/mol. The van der Waals surface area contributed by atoms with Crippen molar-refractivity contribution >= 4 is 0 Å². The fourth-order valence-electron chi connectivity index (χ4n) is 2.17. The van der Waals surface area contributed by atoms with Gasteiger partial charge in [-0.05, 0) is 12.0 Å². The molecule has 0 aliphatic carbocycles. The summed E-state index contributed by atoms with van der Waals surface area (Å²) in [4.78, 5) is 0. The zero-order valence-electron chi connectivity index (χ0n) is 16.2. The molecule has 0 saturated heterocycles. The highest BCUT2D eigenvalue weighted by molar-refractivity contribution is 5.13. The summed E-state index contributed by atoms with van der Waals surface area (Å²) in [7, 11) is 1.66. The van der Waals surface area contributed by atoms with Crippen LogP contribution >= 0.6 is 0 Å². The minimum Gasteiger partial charge on any atom is -0.382 e. The van der Waals surface area contributed by atoms with E-state index in [-0.39, 0.29) is 6.10 Å². The van der Waals surface area contributed by atoms with Gasteiger partial charge in [0.05, 0.1) is 59.5 Å². The fraction of sp³-hybridized carbons (Fsp3) is 0.700. The third kappa shape index (κ3) is 13.2. The summed E-state index contributed by atoms with van der Waals surface area (Å²) in [5, 5.41) is 0. The molecule has 26 heavy (non-hydrogen) atoms. The molecule has 0 saturated carbocycles. The standard InChI is InChI=1S/C20H34O6/c1-3-9-22-10-11-23-12-13-24-14-15-26-20(17-21-2)18-25-16-19-7-5-4-6-8-19/h4-8,20H,3,9-18H2,1-2H3. The zero-order valence-corrected chi connectivity index (χ0v) is 16.2. The van der Waals surface area contributed by atoms with E-state index in [2.05, 4.69) is 6.92 Å². The van der Waals surface area contributed by atoms with E-state index >= 15 is 0 Å². The Hall–Kier alpha value is -1.02. The quantitative estimate of drug-likeness (QED) is 0.370. The molecule has 0 aliphatic heterocycles. The van der Waals surface area contributed by atoms with Gasteiger partial charge in [-0.2, -0.15) is 0 Å². The van der Waals surface area contributed by atoms with Crippen LogP contribution in [0.5, 0.6) is 0 Å². The number of rotatable bonds is 18. The zero-order chi connectivity index (χ0) is 18.7. The molecule has 0 bridgehead atoms. The first kappa shape index (κ1) is 23.0. The van der Waals surface area contributed by atoms with Crippen LogP contribution in [0.3, 0.4) is 0 Å². The van der Waals surface area contributed by atoms with E-state index in [1.54, 1.807) is 7.11 Å². The van der Waals surface area contributed by atoms with Gasteiger partial charge >= 0.3 is 0 Å². The minimum atomic E-state index is -0.0979. The highest BCUT2D eigenvalue weighted by Gasteiger charge is 2.09. The molecule has 150 valence electrons. The molecule has 0 heterocycles. The molecule has 1 rings (SSSR count). The summed E-state index contributed by atoms with van der Waals surface area (Å²) in [6.45, 7) is 7.82. The number of ether oxygens (including phenoxy) is 6. The fourth-order valence-corrected chi connectivity index (χ4v) is 2.17. The van der Waals surface area contributed by atoms with Gasteiger partial charge in [0.15, 0.2) is 0 Å². The number of methoxy groups -OCH3 is 1. The molecule has 1 unspecified atom stereocenters. The third-order valence-electron chi connectivity index (χ3n) is 3.44. The number of hydrogen-bond donors (Lipinski definition) is 0. The summed E-state index contributed by atoms with van der Waals surface area (Å²) in [6, 6.07) is 10.1. The van der Waals surface area contributed by atoms with Crippen molar-refractivity contribution in [1.82, 2.24) is 0 Å². The Morgan fingerprint density at radius 3 is 1.96 bits per heavy atom. The Balaban J connectivity index is 1.96. The van der Waals surface area contributed by atoms with Crippen molar-refractivity contribution in [1.29, 1.82) is 0 Å². The van der Waals surface area contributed by atoms with Gasteiger partial charge < -0.3 is 28.4 Å². The van der Waals surface area contributed by atoms with E-state index in [0.29, 0.717) is 59.5 Å². The van der Waals surface area contributed by atoms with Crippen molar-refractivity contribution in [3.63, 3.8) is 0 Å². The number of benzene rings is 1. The second-order valence-electron chi connectivity index (χ2n) is 5.79. The summed E-state index contributed by atoms with van der Waals surface area (Å²) in [5.41, 5.74) is 1.15. The van der Waals surface area contributed by atoms with Crippen LogP contribution in [0.15, 0.2) is 30.3 Å². The molecule has 0 aromatic heterocycles. The lowest BCUT2D eigenvalue weighted by atomic mass is 10.2. The summed E-state index contributed by atoms with van der Waals surface area (Å²) in [5.74, 6) is 0. The van der Waals surface area contributed by atoms with Crippen molar-refractivity contribution in [2.75, 3.05) is 66.6 Å². The molecule has 1 aromatic carbocycles. The maximum atomic E-state index is 5.76. The third-order valence-corrected chi connectivity index (χ3v) is 3.44. The van der Waals surface area contributed by atoms with Gasteiger partial charge in [0.1, 0.15) is 6.10 Å². The molecule has 0 N–H and O–H groups in total. The Bertz CT molecular complexity index is 401. The van der Waals surface area contributed by atoms with Gasteiger partial charge in [-0.1, -0.05) is 37.3 Å². The van der Waals surface area contributed by atoms with Gasteiger partial charge in [-0.25, -0.2) is 0 Å². The predicted octanol–water partition coefficient (Wildman–Crippen LogP) is 2.69. The summed E-state index contributed by atoms with van der Waals surface area (Å²) >= 11 is 0. The lowest BCUT2D eigenvalue weighted by Crippen LogP contribution is -2.27. The Morgan fingerprint density at radius 2 is 1.35 bits per heavy atom. The molecule has 1 aromatic rings. The largest absolute Gasteiger partial charge is 0.382 e. The Labute approximate surface area is 157 Å². The van der Waals surface area contributed by atoms with E-state index in [9.17, 15) is 0 Å². The van der Waals surface area contributed by atoms with Crippen molar-refractivity contribution < 1.29 is 28.4 Å². The second-order valence-corrected chi connectivity index (χ2v) is 5.79. The molecule has 6 heteroatoms. The van der Waals surface area contributed by atoms with Gasteiger partial charge in [0.2, 0.25) is 0 Å². The lowest BCUT2D eigenvalue weighted by molar-refractivity contribution is -0.0724. The second kappa shape index (κ2) is 17.4. The first-order valence-corrected chi connectivity index (χ1v) is 9.32. The monoisotopic (exact) mass is 370 g/mol.